The quantitative estimate of drug-likeness (QED) is 0.371. The van der Waals surface area contributed by atoms with Crippen LogP contribution in [-0.4, -0.2) is 11.1 Å². The molecule has 0 fully saturated rings. The minimum Gasteiger partial charge on any atom is -1.00 e. The van der Waals surface area contributed by atoms with Crippen LogP contribution in [0.3, 0.4) is 0 Å². The first-order valence-electron chi connectivity index (χ1n) is 9.48. The summed E-state index contributed by atoms with van der Waals surface area (Å²) < 4.78 is 3.43. The molecular formula is C23H25BrN2O2S. The largest absolute Gasteiger partial charge is 1.00 e. The summed E-state index contributed by atoms with van der Waals surface area (Å²) in [6, 6.07) is 18.3. The number of hydrogen-bond donors (Lipinski definition) is 2. The Bertz CT molecular complexity index is 983. The van der Waals surface area contributed by atoms with Crippen molar-refractivity contribution < 1.29 is 31.4 Å². The molecule has 29 heavy (non-hydrogen) atoms. The number of halogens is 1. The first-order chi connectivity index (χ1) is 13.7. The smallest absolute Gasteiger partial charge is 0.306 e. The molecule has 3 rings (SSSR count). The number of rotatable bonds is 9. The molecule has 152 valence electrons. The maximum absolute atomic E-state index is 11.4. The number of allylic oxidation sites excluding steroid dienone is 2. The normalized spacial score (nSPS) is 12.3. The van der Waals surface area contributed by atoms with Crippen molar-refractivity contribution in [3.8, 4) is 0 Å². The van der Waals surface area contributed by atoms with Crippen molar-refractivity contribution >= 4 is 39.3 Å². The van der Waals surface area contributed by atoms with Gasteiger partial charge >= 0.3 is 5.97 Å². The number of fused-ring (bicyclic) bond motifs is 1. The molecule has 0 amide bonds. The molecule has 0 spiro atoms. The minimum absolute atomic E-state index is 0. The Morgan fingerprint density at radius 3 is 2.59 bits per heavy atom. The van der Waals surface area contributed by atoms with E-state index in [-0.39, 0.29) is 22.9 Å². The molecule has 1 aromatic heterocycles. The Kier molecular flexibility index (Phi) is 9.09. The fraction of sp³-hybridized carbons (Fsp3) is 0.217. The van der Waals surface area contributed by atoms with Crippen LogP contribution in [0, 0.1) is 5.92 Å². The highest BCUT2D eigenvalue weighted by molar-refractivity contribution is 7.18. The van der Waals surface area contributed by atoms with E-state index in [1.807, 2.05) is 67.7 Å². The van der Waals surface area contributed by atoms with E-state index < -0.39 is 5.97 Å². The molecule has 0 aliphatic heterocycles. The molecular weight excluding hydrogens is 448 g/mol. The molecule has 6 heteroatoms. The van der Waals surface area contributed by atoms with Crippen LogP contribution in [0.25, 0.3) is 16.3 Å². The number of carbonyl (C=O) groups is 1. The predicted molar refractivity (Wildman–Crippen MR) is 116 cm³/mol. The molecule has 0 bridgehead atoms. The van der Waals surface area contributed by atoms with Crippen LogP contribution >= 0.6 is 11.3 Å². The predicted octanol–water partition coefficient (Wildman–Crippen LogP) is 2.33. The van der Waals surface area contributed by atoms with Crippen LogP contribution in [0.15, 0.2) is 72.9 Å². The standard InChI is InChI=1S/C23H24N2O2S.BrH/c1-2-18(23(26)27)15-17-25-20-12-6-7-13-21(20)28-22(25)14-8-9-16-24-19-10-4-3-5-11-19;/h3-14,16,18H,2,15,17H2,1H3,(H,26,27);1H. The molecule has 0 saturated heterocycles. The molecule has 0 aliphatic carbocycles. The Labute approximate surface area is 186 Å². The van der Waals surface area contributed by atoms with Crippen molar-refractivity contribution in [3.63, 3.8) is 0 Å². The molecule has 0 radical (unpaired) electrons. The van der Waals surface area contributed by atoms with Gasteiger partial charge in [-0.15, -0.1) is 0 Å². The van der Waals surface area contributed by atoms with E-state index in [1.165, 1.54) is 4.70 Å². The van der Waals surface area contributed by atoms with E-state index in [2.05, 4.69) is 28.1 Å². The molecule has 2 N–H and O–H groups in total. The molecule has 2 aromatic carbocycles. The lowest BCUT2D eigenvalue weighted by molar-refractivity contribution is -0.669. The van der Waals surface area contributed by atoms with Crippen LogP contribution in [0.2, 0.25) is 0 Å². The second-order valence-electron chi connectivity index (χ2n) is 6.52. The van der Waals surface area contributed by atoms with Gasteiger partial charge in [-0.05, 0) is 30.7 Å². The summed E-state index contributed by atoms with van der Waals surface area (Å²) in [5.74, 6) is -1.02. The Hall–Kier alpha value is -2.44. The number of hydrogen-bond acceptors (Lipinski definition) is 3. The van der Waals surface area contributed by atoms with E-state index in [0.717, 1.165) is 16.2 Å². The average Bonchev–Trinajstić information content (AvgIpc) is 3.06. The summed E-state index contributed by atoms with van der Waals surface area (Å²) >= 11 is 1.72. The highest BCUT2D eigenvalue weighted by Gasteiger charge is 2.22. The zero-order valence-corrected chi connectivity index (χ0v) is 18.7. The first kappa shape index (κ1) is 22.8. The molecule has 3 aromatic rings. The SMILES string of the molecule is CCC(CC[n+]1c(C=CC=CNc2ccccc2)sc2ccccc21)C(=O)O.[Br-]. The van der Waals surface area contributed by atoms with Gasteiger partial charge in [-0.25, -0.2) is 0 Å². The topological polar surface area (TPSA) is 53.2 Å². The van der Waals surface area contributed by atoms with Crippen molar-refractivity contribution in [2.24, 2.45) is 5.92 Å². The monoisotopic (exact) mass is 472 g/mol. The summed E-state index contributed by atoms with van der Waals surface area (Å²) in [5.41, 5.74) is 2.20. The lowest BCUT2D eigenvalue weighted by Crippen LogP contribution is -3.00. The van der Waals surface area contributed by atoms with Gasteiger partial charge in [0.1, 0.15) is 4.70 Å². The highest BCUT2D eigenvalue weighted by atomic mass is 79.9. The number of benzene rings is 2. The lowest BCUT2D eigenvalue weighted by Gasteiger charge is -2.06. The van der Waals surface area contributed by atoms with Gasteiger partial charge in [-0.2, -0.15) is 4.57 Å². The summed E-state index contributed by atoms with van der Waals surface area (Å²) in [5, 5.41) is 13.7. The third-order valence-corrected chi connectivity index (χ3v) is 5.78. The van der Waals surface area contributed by atoms with E-state index >= 15 is 0 Å². The van der Waals surface area contributed by atoms with Gasteiger partial charge in [0.25, 0.3) is 5.01 Å². The Morgan fingerprint density at radius 1 is 1.14 bits per heavy atom. The maximum Gasteiger partial charge on any atom is 0.306 e. The van der Waals surface area contributed by atoms with Gasteiger partial charge in [0, 0.05) is 30.5 Å². The first-order valence-corrected chi connectivity index (χ1v) is 10.3. The van der Waals surface area contributed by atoms with Crippen LogP contribution in [0.4, 0.5) is 5.69 Å². The van der Waals surface area contributed by atoms with E-state index in [9.17, 15) is 9.90 Å². The third-order valence-electron chi connectivity index (χ3n) is 4.65. The number of aliphatic carboxylic acids is 1. The number of anilines is 1. The van der Waals surface area contributed by atoms with Crippen molar-refractivity contribution in [2.45, 2.75) is 26.3 Å². The molecule has 1 heterocycles. The van der Waals surface area contributed by atoms with Crippen molar-refractivity contribution in [1.29, 1.82) is 0 Å². The number of nitrogens with zero attached hydrogens (tertiary/aromatic N) is 1. The molecule has 4 nitrogen and oxygen atoms in total. The zero-order chi connectivity index (χ0) is 19.8. The van der Waals surface area contributed by atoms with Crippen LogP contribution in [0.1, 0.15) is 24.8 Å². The number of carboxylic acids is 1. The van der Waals surface area contributed by atoms with Crippen LogP contribution in [0.5, 0.6) is 0 Å². The van der Waals surface area contributed by atoms with Gasteiger partial charge in [0.05, 0.1) is 5.92 Å². The summed E-state index contributed by atoms with van der Waals surface area (Å²) in [7, 11) is 0. The molecule has 1 unspecified atom stereocenters. The summed E-state index contributed by atoms with van der Waals surface area (Å²) in [6.07, 6.45) is 9.23. The number of nitrogens with one attached hydrogen (secondary N) is 1. The van der Waals surface area contributed by atoms with Gasteiger partial charge in [0.15, 0.2) is 6.54 Å². The number of aryl methyl sites for hydroxylation is 1. The fourth-order valence-electron chi connectivity index (χ4n) is 3.07. The average molecular weight is 473 g/mol. The van der Waals surface area contributed by atoms with Gasteiger partial charge < -0.3 is 27.4 Å². The third kappa shape index (κ3) is 6.27. The molecule has 0 aliphatic rings. The van der Waals surface area contributed by atoms with E-state index in [4.69, 9.17) is 0 Å². The number of para-hydroxylation sites is 2. The van der Waals surface area contributed by atoms with Gasteiger partial charge in [0.2, 0.25) is 5.52 Å². The zero-order valence-electron chi connectivity index (χ0n) is 16.3. The lowest BCUT2D eigenvalue weighted by atomic mass is 10.0. The van der Waals surface area contributed by atoms with Crippen molar-refractivity contribution in [1.82, 2.24) is 0 Å². The second-order valence-corrected chi connectivity index (χ2v) is 7.58. The fourth-order valence-corrected chi connectivity index (χ4v) is 4.17. The van der Waals surface area contributed by atoms with Gasteiger partial charge in [-0.1, -0.05) is 54.7 Å². The summed E-state index contributed by atoms with van der Waals surface area (Å²) in [6.45, 7) is 2.63. The minimum atomic E-state index is -0.713. The Balaban J connectivity index is 0.00000300. The van der Waals surface area contributed by atoms with Gasteiger partial charge in [-0.3, -0.25) is 4.79 Å². The van der Waals surface area contributed by atoms with E-state index in [0.29, 0.717) is 19.4 Å². The van der Waals surface area contributed by atoms with Crippen LogP contribution in [-0.2, 0) is 11.3 Å². The number of carboxylic acid groups (broad SMARTS) is 1. The number of thiazole rings is 1. The van der Waals surface area contributed by atoms with Crippen LogP contribution < -0.4 is 26.9 Å². The molecule has 1 atom stereocenters. The molecule has 0 saturated carbocycles. The van der Waals surface area contributed by atoms with Crippen molar-refractivity contribution in [3.05, 3.63) is 78.0 Å². The number of aromatic nitrogens is 1. The maximum atomic E-state index is 11.4. The Morgan fingerprint density at radius 2 is 1.86 bits per heavy atom. The van der Waals surface area contributed by atoms with Crippen molar-refractivity contribution in [2.75, 3.05) is 5.32 Å². The second kappa shape index (κ2) is 11.5. The highest BCUT2D eigenvalue weighted by Crippen LogP contribution is 2.22. The summed E-state index contributed by atoms with van der Waals surface area (Å²) in [4.78, 5) is 11.4. The van der Waals surface area contributed by atoms with E-state index in [1.54, 1.807) is 11.3 Å².